The van der Waals surface area contributed by atoms with Gasteiger partial charge in [0.1, 0.15) is 6.54 Å². The number of hydrogen-bond acceptors (Lipinski definition) is 8. The fraction of sp³-hybridized carbons (Fsp3) is 0.444. The van der Waals surface area contributed by atoms with Crippen LogP contribution in [0.4, 0.5) is 4.79 Å². The van der Waals surface area contributed by atoms with E-state index >= 15 is 0 Å². The second-order valence-electron chi connectivity index (χ2n) is 5.93. The summed E-state index contributed by atoms with van der Waals surface area (Å²) in [5, 5.41) is 6.80. The third-order valence-electron chi connectivity index (χ3n) is 3.36. The van der Waals surface area contributed by atoms with E-state index in [9.17, 15) is 19.2 Å². The number of carbonyl (C=O) groups is 4. The summed E-state index contributed by atoms with van der Waals surface area (Å²) in [6.07, 6.45) is 0. The fourth-order valence-electron chi connectivity index (χ4n) is 2.12. The maximum absolute atomic E-state index is 12.3. The van der Waals surface area contributed by atoms with Crippen molar-refractivity contribution in [1.82, 2.24) is 16.0 Å². The van der Waals surface area contributed by atoms with Crippen LogP contribution in [-0.4, -0.2) is 64.3 Å². The van der Waals surface area contributed by atoms with E-state index in [0.29, 0.717) is 5.75 Å². The molecular formula is C18H25N3O8. The second-order valence-corrected chi connectivity index (χ2v) is 5.93. The average molecular weight is 411 g/mol. The number of methoxy groups -OCH3 is 3. The molecule has 1 aromatic rings. The van der Waals surface area contributed by atoms with Crippen LogP contribution in [0.15, 0.2) is 12.1 Å². The highest BCUT2D eigenvalue weighted by atomic mass is 16.5. The molecule has 0 bridgehead atoms. The van der Waals surface area contributed by atoms with Gasteiger partial charge in [0.15, 0.2) is 18.1 Å². The van der Waals surface area contributed by atoms with Crippen molar-refractivity contribution < 1.29 is 38.1 Å². The Morgan fingerprint density at radius 3 is 2.03 bits per heavy atom. The first kappa shape index (κ1) is 23.5. The predicted molar refractivity (Wildman–Crippen MR) is 101 cm³/mol. The molecule has 0 atom stereocenters. The molecule has 0 heterocycles. The number of nitrogens with one attached hydrogen (secondary N) is 3. The van der Waals surface area contributed by atoms with Gasteiger partial charge in [0, 0.05) is 11.6 Å². The van der Waals surface area contributed by atoms with Crippen LogP contribution in [0.2, 0.25) is 0 Å². The molecular weight excluding hydrogens is 386 g/mol. The van der Waals surface area contributed by atoms with Crippen molar-refractivity contribution in [2.24, 2.45) is 0 Å². The summed E-state index contributed by atoms with van der Waals surface area (Å²) < 4.78 is 20.2. The Bertz CT molecular complexity index is 738. The van der Waals surface area contributed by atoms with E-state index in [2.05, 4.69) is 10.6 Å². The Morgan fingerprint density at radius 1 is 0.966 bits per heavy atom. The third-order valence-corrected chi connectivity index (χ3v) is 3.36. The van der Waals surface area contributed by atoms with Crippen LogP contribution < -0.4 is 30.2 Å². The SMILES string of the molecule is COc1cc(C(=O)NCC(=O)OCC(=O)NC(=O)NC(C)C)cc(OC)c1OC. The van der Waals surface area contributed by atoms with Crippen LogP contribution in [0.5, 0.6) is 17.2 Å². The Hall–Kier alpha value is -3.50. The summed E-state index contributed by atoms with van der Waals surface area (Å²) in [4.78, 5) is 46.9. The molecule has 0 fully saturated rings. The molecule has 11 nitrogen and oxygen atoms in total. The van der Waals surface area contributed by atoms with Crippen molar-refractivity contribution in [3.05, 3.63) is 17.7 Å². The van der Waals surface area contributed by atoms with E-state index in [1.54, 1.807) is 13.8 Å². The summed E-state index contributed by atoms with van der Waals surface area (Å²) in [7, 11) is 4.24. The molecule has 3 N–H and O–H groups in total. The number of imide groups is 1. The van der Waals surface area contributed by atoms with Gasteiger partial charge in [-0.3, -0.25) is 19.7 Å². The van der Waals surface area contributed by atoms with Crippen molar-refractivity contribution in [1.29, 1.82) is 0 Å². The first-order valence-electron chi connectivity index (χ1n) is 8.56. The molecule has 4 amide bonds. The lowest BCUT2D eigenvalue weighted by Gasteiger charge is -2.14. The normalized spacial score (nSPS) is 10.0. The molecule has 0 saturated carbocycles. The van der Waals surface area contributed by atoms with Gasteiger partial charge in [-0.25, -0.2) is 4.79 Å². The molecule has 160 valence electrons. The lowest BCUT2D eigenvalue weighted by molar-refractivity contribution is -0.147. The maximum atomic E-state index is 12.3. The minimum Gasteiger partial charge on any atom is -0.493 e. The van der Waals surface area contributed by atoms with E-state index in [-0.39, 0.29) is 23.1 Å². The molecule has 0 saturated heterocycles. The van der Waals surface area contributed by atoms with E-state index in [0.717, 1.165) is 0 Å². The molecule has 0 aliphatic rings. The van der Waals surface area contributed by atoms with Gasteiger partial charge in [0.25, 0.3) is 11.8 Å². The van der Waals surface area contributed by atoms with Gasteiger partial charge in [-0.05, 0) is 26.0 Å². The number of benzene rings is 1. The van der Waals surface area contributed by atoms with Crippen LogP contribution in [0, 0.1) is 0 Å². The number of rotatable bonds is 9. The summed E-state index contributed by atoms with van der Waals surface area (Å²) in [6, 6.07) is 1.98. The molecule has 0 aliphatic carbocycles. The highest BCUT2D eigenvalue weighted by Gasteiger charge is 2.18. The van der Waals surface area contributed by atoms with Crippen molar-refractivity contribution in [2.45, 2.75) is 19.9 Å². The van der Waals surface area contributed by atoms with Crippen LogP contribution in [0.1, 0.15) is 24.2 Å². The number of urea groups is 1. The van der Waals surface area contributed by atoms with E-state index in [4.69, 9.17) is 18.9 Å². The van der Waals surface area contributed by atoms with Crippen molar-refractivity contribution >= 4 is 23.8 Å². The zero-order valence-corrected chi connectivity index (χ0v) is 16.9. The molecule has 0 unspecified atom stereocenters. The molecule has 0 aliphatic heterocycles. The number of amides is 4. The summed E-state index contributed by atoms with van der Waals surface area (Å²) in [5.41, 5.74) is 0.162. The molecule has 0 aromatic heterocycles. The van der Waals surface area contributed by atoms with Gasteiger partial charge in [-0.15, -0.1) is 0 Å². The highest BCUT2D eigenvalue weighted by molar-refractivity contribution is 5.98. The van der Waals surface area contributed by atoms with Gasteiger partial charge >= 0.3 is 12.0 Å². The number of hydrogen-bond donors (Lipinski definition) is 3. The van der Waals surface area contributed by atoms with Crippen molar-refractivity contribution in [2.75, 3.05) is 34.5 Å². The van der Waals surface area contributed by atoms with Gasteiger partial charge < -0.3 is 29.6 Å². The number of carbonyl (C=O) groups excluding carboxylic acids is 4. The van der Waals surface area contributed by atoms with Crippen LogP contribution in [0.25, 0.3) is 0 Å². The number of ether oxygens (including phenoxy) is 4. The van der Waals surface area contributed by atoms with Crippen LogP contribution in [0.3, 0.4) is 0 Å². The number of esters is 1. The summed E-state index contributed by atoms with van der Waals surface area (Å²) >= 11 is 0. The maximum Gasteiger partial charge on any atom is 0.325 e. The van der Waals surface area contributed by atoms with Crippen LogP contribution >= 0.6 is 0 Å². The quantitative estimate of drug-likeness (QED) is 0.490. The molecule has 29 heavy (non-hydrogen) atoms. The van der Waals surface area contributed by atoms with E-state index < -0.39 is 37.0 Å². The highest BCUT2D eigenvalue weighted by Crippen LogP contribution is 2.38. The lowest BCUT2D eigenvalue weighted by atomic mass is 10.1. The minimum atomic E-state index is -0.856. The van der Waals surface area contributed by atoms with Crippen molar-refractivity contribution in [3.63, 3.8) is 0 Å². The minimum absolute atomic E-state index is 0.157. The van der Waals surface area contributed by atoms with Gasteiger partial charge in [-0.2, -0.15) is 0 Å². The third kappa shape index (κ3) is 7.56. The molecule has 11 heteroatoms. The molecule has 0 spiro atoms. The fourth-order valence-corrected chi connectivity index (χ4v) is 2.12. The van der Waals surface area contributed by atoms with Crippen molar-refractivity contribution in [3.8, 4) is 17.2 Å². The molecule has 1 rings (SSSR count). The Labute approximate surface area is 168 Å². The van der Waals surface area contributed by atoms with Gasteiger partial charge in [0.2, 0.25) is 5.75 Å². The zero-order chi connectivity index (χ0) is 22.0. The average Bonchev–Trinajstić information content (AvgIpc) is 2.68. The molecule has 1 aromatic carbocycles. The first-order chi connectivity index (χ1) is 13.7. The Morgan fingerprint density at radius 2 is 1.55 bits per heavy atom. The Balaban J connectivity index is 2.57. The largest absolute Gasteiger partial charge is 0.493 e. The summed E-state index contributed by atoms with van der Waals surface area (Å²) in [6.45, 7) is 2.30. The van der Waals surface area contributed by atoms with Gasteiger partial charge in [0.05, 0.1) is 21.3 Å². The predicted octanol–water partition coefficient (Wildman–Crippen LogP) is 0.220. The summed E-state index contributed by atoms with van der Waals surface area (Å²) in [5.74, 6) is -1.38. The van der Waals surface area contributed by atoms with E-state index in [1.165, 1.54) is 33.5 Å². The standard InChI is InChI=1S/C18H25N3O8/c1-10(2)20-18(25)21-14(22)9-29-15(23)8-19-17(24)11-6-12(26-3)16(28-5)13(7-11)27-4/h6-7,10H,8-9H2,1-5H3,(H,19,24)(H2,20,21,22,25). The lowest BCUT2D eigenvalue weighted by Crippen LogP contribution is -2.44. The van der Waals surface area contributed by atoms with E-state index in [1.807, 2.05) is 5.32 Å². The zero-order valence-electron chi connectivity index (χ0n) is 16.9. The second kappa shape index (κ2) is 11.4. The van der Waals surface area contributed by atoms with Crippen LogP contribution in [-0.2, 0) is 14.3 Å². The first-order valence-corrected chi connectivity index (χ1v) is 8.56. The topological polar surface area (TPSA) is 141 Å². The molecule has 0 radical (unpaired) electrons. The van der Waals surface area contributed by atoms with Gasteiger partial charge in [-0.1, -0.05) is 0 Å². The Kier molecular flexibility index (Phi) is 9.23. The monoisotopic (exact) mass is 411 g/mol. The smallest absolute Gasteiger partial charge is 0.325 e.